The van der Waals surface area contributed by atoms with Gasteiger partial charge in [-0.15, -0.1) is 0 Å². The number of rotatable bonds is 7. The van der Waals surface area contributed by atoms with Crippen LogP contribution in [0.25, 0.3) is 0 Å². The van der Waals surface area contributed by atoms with Gasteiger partial charge in [0.05, 0.1) is 13.3 Å². The Morgan fingerprint density at radius 2 is 1.75 bits per heavy atom. The van der Waals surface area contributed by atoms with Crippen LogP contribution in [0.2, 0.25) is 5.02 Å². The van der Waals surface area contributed by atoms with Gasteiger partial charge in [-0.05, 0) is 52.9 Å². The minimum atomic E-state index is -0.270. The van der Waals surface area contributed by atoms with Gasteiger partial charge < -0.3 is 9.47 Å². The predicted molar refractivity (Wildman–Crippen MR) is 129 cm³/mol. The van der Waals surface area contributed by atoms with Gasteiger partial charge in [0.2, 0.25) is 0 Å². The number of nitrogens with one attached hydrogen (secondary N) is 1. The molecule has 0 fully saturated rings. The summed E-state index contributed by atoms with van der Waals surface area (Å²) in [5, 5.41) is 4.71. The average molecular weight is 451 g/mol. The van der Waals surface area contributed by atoms with Gasteiger partial charge in [0.1, 0.15) is 6.61 Å². The Balaban J connectivity index is 1.62. The lowest BCUT2D eigenvalue weighted by Crippen LogP contribution is -2.18. The minimum Gasteiger partial charge on any atom is -0.493 e. The highest BCUT2D eigenvalue weighted by Gasteiger charge is 2.14. The van der Waals surface area contributed by atoms with E-state index in [2.05, 4.69) is 31.3 Å². The molecular formula is C26H27ClN2O3. The lowest BCUT2D eigenvalue weighted by molar-refractivity contribution is 0.0955. The second kappa shape index (κ2) is 10.3. The first kappa shape index (κ1) is 23.4. The summed E-state index contributed by atoms with van der Waals surface area (Å²) in [6.45, 7) is 6.73. The van der Waals surface area contributed by atoms with E-state index in [0.717, 1.165) is 11.1 Å². The third kappa shape index (κ3) is 6.11. The number of nitrogens with zero attached hydrogens (tertiary/aromatic N) is 1. The molecule has 0 spiro atoms. The zero-order valence-corrected chi connectivity index (χ0v) is 19.4. The van der Waals surface area contributed by atoms with Crippen LogP contribution >= 0.6 is 11.6 Å². The normalized spacial score (nSPS) is 11.4. The highest BCUT2D eigenvalue weighted by molar-refractivity contribution is 6.31. The first-order chi connectivity index (χ1) is 15.3. The Bertz CT molecular complexity index is 1100. The van der Waals surface area contributed by atoms with E-state index >= 15 is 0 Å². The van der Waals surface area contributed by atoms with Crippen molar-refractivity contribution in [2.45, 2.75) is 32.8 Å². The van der Waals surface area contributed by atoms with E-state index in [9.17, 15) is 4.79 Å². The number of hydrogen-bond donors (Lipinski definition) is 1. The van der Waals surface area contributed by atoms with Crippen molar-refractivity contribution in [1.29, 1.82) is 0 Å². The van der Waals surface area contributed by atoms with Crippen molar-refractivity contribution < 1.29 is 14.3 Å². The third-order valence-electron chi connectivity index (χ3n) is 4.92. The number of carbonyl (C=O) groups excluding carboxylic acids is 1. The van der Waals surface area contributed by atoms with Crippen molar-refractivity contribution in [3.05, 3.63) is 94.0 Å². The molecule has 5 nitrogen and oxygen atoms in total. The van der Waals surface area contributed by atoms with Crippen LogP contribution in [-0.2, 0) is 12.0 Å². The molecule has 166 valence electrons. The maximum Gasteiger partial charge on any atom is 0.271 e. The molecule has 0 heterocycles. The first-order valence-corrected chi connectivity index (χ1v) is 10.6. The van der Waals surface area contributed by atoms with E-state index < -0.39 is 0 Å². The largest absolute Gasteiger partial charge is 0.493 e. The van der Waals surface area contributed by atoms with Gasteiger partial charge in [-0.2, -0.15) is 5.10 Å². The molecular weight excluding hydrogens is 424 g/mol. The van der Waals surface area contributed by atoms with Crippen molar-refractivity contribution in [3.63, 3.8) is 0 Å². The Morgan fingerprint density at radius 1 is 1.03 bits per heavy atom. The first-order valence-electron chi connectivity index (χ1n) is 10.3. The van der Waals surface area contributed by atoms with Crippen LogP contribution < -0.4 is 14.9 Å². The number of benzene rings is 3. The standard InChI is InChI=1S/C26H27ClN2O3/c1-26(2,3)21-12-10-19(11-13-21)25(30)29-28-16-18-9-14-23(24(15-18)31-4)32-17-20-7-5-6-8-22(20)27/h5-16H,17H2,1-4H3,(H,29,30)/b28-16+. The minimum absolute atomic E-state index is 0.0372. The van der Waals surface area contributed by atoms with Gasteiger partial charge in [-0.3, -0.25) is 4.79 Å². The predicted octanol–water partition coefficient (Wildman–Crippen LogP) is 5.99. The molecule has 0 aliphatic rings. The van der Waals surface area contributed by atoms with Gasteiger partial charge in [0, 0.05) is 16.1 Å². The molecule has 0 aromatic heterocycles. The maximum atomic E-state index is 12.3. The van der Waals surface area contributed by atoms with Crippen LogP contribution in [0.15, 0.2) is 71.8 Å². The van der Waals surface area contributed by atoms with Crippen LogP contribution in [0, 0.1) is 0 Å². The molecule has 0 bridgehead atoms. The van der Waals surface area contributed by atoms with Crippen LogP contribution in [0.4, 0.5) is 0 Å². The summed E-state index contributed by atoms with van der Waals surface area (Å²) in [5.41, 5.74) is 5.96. The van der Waals surface area contributed by atoms with Crippen LogP contribution in [0.3, 0.4) is 0 Å². The number of ether oxygens (including phenoxy) is 2. The molecule has 1 N–H and O–H groups in total. The number of methoxy groups -OCH3 is 1. The van der Waals surface area contributed by atoms with Gasteiger partial charge >= 0.3 is 0 Å². The summed E-state index contributed by atoms with van der Waals surface area (Å²) in [6, 6.07) is 20.5. The van der Waals surface area contributed by atoms with Crippen molar-refractivity contribution >= 4 is 23.7 Å². The Kier molecular flexibility index (Phi) is 7.54. The van der Waals surface area contributed by atoms with E-state index in [1.807, 2.05) is 42.5 Å². The number of carbonyl (C=O) groups is 1. The molecule has 3 rings (SSSR count). The fourth-order valence-electron chi connectivity index (χ4n) is 3.01. The SMILES string of the molecule is COc1cc(/C=N/NC(=O)c2ccc(C(C)(C)C)cc2)ccc1OCc1ccccc1Cl. The number of hydrazone groups is 1. The molecule has 1 amide bonds. The van der Waals surface area contributed by atoms with E-state index in [-0.39, 0.29) is 11.3 Å². The van der Waals surface area contributed by atoms with Crippen molar-refractivity contribution in [2.24, 2.45) is 5.10 Å². The lowest BCUT2D eigenvalue weighted by Gasteiger charge is -2.18. The van der Waals surface area contributed by atoms with Gasteiger partial charge in [-0.25, -0.2) is 5.43 Å². The molecule has 0 saturated heterocycles. The summed E-state index contributed by atoms with van der Waals surface area (Å²) in [5.74, 6) is 0.881. The van der Waals surface area contributed by atoms with Crippen molar-refractivity contribution in [3.8, 4) is 11.5 Å². The summed E-state index contributed by atoms with van der Waals surface area (Å²) < 4.78 is 11.3. The van der Waals surface area contributed by atoms with Gasteiger partial charge in [-0.1, -0.05) is 62.7 Å². The number of hydrogen-bond acceptors (Lipinski definition) is 4. The Labute approximate surface area is 194 Å². The third-order valence-corrected chi connectivity index (χ3v) is 5.29. The molecule has 0 aliphatic heterocycles. The van der Waals surface area contributed by atoms with Gasteiger partial charge in [0.15, 0.2) is 11.5 Å². The van der Waals surface area contributed by atoms with Crippen LogP contribution in [-0.4, -0.2) is 19.2 Å². The molecule has 32 heavy (non-hydrogen) atoms. The number of halogens is 1. The van der Waals surface area contributed by atoms with Crippen LogP contribution in [0.1, 0.15) is 47.8 Å². The molecule has 0 radical (unpaired) electrons. The van der Waals surface area contributed by atoms with E-state index in [0.29, 0.717) is 28.7 Å². The highest BCUT2D eigenvalue weighted by atomic mass is 35.5. The lowest BCUT2D eigenvalue weighted by atomic mass is 9.87. The maximum absolute atomic E-state index is 12.3. The summed E-state index contributed by atoms with van der Waals surface area (Å²) in [7, 11) is 1.57. The molecule has 0 unspecified atom stereocenters. The number of amides is 1. The van der Waals surface area contributed by atoms with Crippen molar-refractivity contribution in [2.75, 3.05) is 7.11 Å². The van der Waals surface area contributed by atoms with E-state index in [1.54, 1.807) is 37.6 Å². The molecule has 0 atom stereocenters. The summed E-state index contributed by atoms with van der Waals surface area (Å²) >= 11 is 6.18. The summed E-state index contributed by atoms with van der Waals surface area (Å²) in [6.07, 6.45) is 1.56. The smallest absolute Gasteiger partial charge is 0.271 e. The second-order valence-electron chi connectivity index (χ2n) is 8.32. The zero-order chi connectivity index (χ0) is 23.1. The highest BCUT2D eigenvalue weighted by Crippen LogP contribution is 2.29. The zero-order valence-electron chi connectivity index (χ0n) is 18.7. The fourth-order valence-corrected chi connectivity index (χ4v) is 3.20. The van der Waals surface area contributed by atoms with Crippen molar-refractivity contribution in [1.82, 2.24) is 5.43 Å². The average Bonchev–Trinajstić information content (AvgIpc) is 2.78. The fraction of sp³-hybridized carbons (Fsp3) is 0.231. The molecule has 0 aliphatic carbocycles. The van der Waals surface area contributed by atoms with E-state index in [4.69, 9.17) is 21.1 Å². The molecule has 3 aromatic rings. The Hall–Kier alpha value is -3.31. The van der Waals surface area contributed by atoms with Gasteiger partial charge in [0.25, 0.3) is 5.91 Å². The van der Waals surface area contributed by atoms with E-state index in [1.165, 1.54) is 5.56 Å². The topological polar surface area (TPSA) is 59.9 Å². The molecule has 6 heteroatoms. The van der Waals surface area contributed by atoms with Crippen LogP contribution in [0.5, 0.6) is 11.5 Å². The summed E-state index contributed by atoms with van der Waals surface area (Å²) in [4.78, 5) is 12.3. The Morgan fingerprint density at radius 3 is 2.41 bits per heavy atom. The monoisotopic (exact) mass is 450 g/mol. The molecule has 0 saturated carbocycles. The quantitative estimate of drug-likeness (QED) is 0.355. The molecule has 3 aromatic carbocycles. The second-order valence-corrected chi connectivity index (χ2v) is 8.72.